The third-order valence-electron chi connectivity index (χ3n) is 5.44. The van der Waals surface area contributed by atoms with Crippen molar-refractivity contribution in [2.45, 2.75) is 98.6 Å². The topological polar surface area (TPSA) is 12.0 Å². The first-order valence-electron chi connectivity index (χ1n) is 8.61. The fourth-order valence-electron chi connectivity index (χ4n) is 3.40. The molecule has 19 heavy (non-hydrogen) atoms. The van der Waals surface area contributed by atoms with Crippen LogP contribution in [0.3, 0.4) is 0 Å². The average Bonchev–Trinajstić information content (AvgIpc) is 2.37. The van der Waals surface area contributed by atoms with Gasteiger partial charge in [0.25, 0.3) is 0 Å². The molecule has 1 heteroatoms. The van der Waals surface area contributed by atoms with Crippen LogP contribution < -0.4 is 5.32 Å². The van der Waals surface area contributed by atoms with E-state index in [-0.39, 0.29) is 0 Å². The Morgan fingerprint density at radius 2 is 1.58 bits per heavy atom. The van der Waals surface area contributed by atoms with Gasteiger partial charge >= 0.3 is 0 Å². The minimum atomic E-state index is 0.550. The van der Waals surface area contributed by atoms with E-state index >= 15 is 0 Å². The maximum absolute atomic E-state index is 3.86. The van der Waals surface area contributed by atoms with E-state index in [1.54, 1.807) is 0 Å². The number of nitrogens with one attached hydrogen (secondary N) is 1. The van der Waals surface area contributed by atoms with Gasteiger partial charge in [0, 0.05) is 12.1 Å². The first-order valence-corrected chi connectivity index (χ1v) is 8.61. The Morgan fingerprint density at radius 1 is 1.00 bits per heavy atom. The summed E-state index contributed by atoms with van der Waals surface area (Å²) in [5.74, 6) is 1.78. The third-order valence-corrected chi connectivity index (χ3v) is 5.44. The minimum absolute atomic E-state index is 0.550. The molecule has 1 N–H and O–H groups in total. The first-order chi connectivity index (χ1) is 8.85. The van der Waals surface area contributed by atoms with Gasteiger partial charge in [0.15, 0.2) is 0 Å². The van der Waals surface area contributed by atoms with Crippen LogP contribution >= 0.6 is 0 Å². The summed E-state index contributed by atoms with van der Waals surface area (Å²) in [6.07, 6.45) is 9.63. The first kappa shape index (κ1) is 17.0. The highest BCUT2D eigenvalue weighted by atomic mass is 14.9. The van der Waals surface area contributed by atoms with Crippen molar-refractivity contribution in [3.8, 4) is 0 Å². The molecule has 1 saturated carbocycles. The third kappa shape index (κ3) is 5.85. The maximum Gasteiger partial charge on any atom is 0.00697 e. The Labute approximate surface area is 121 Å². The Hall–Kier alpha value is -0.0400. The Balaban J connectivity index is 2.26. The second kappa shape index (κ2) is 7.67. The van der Waals surface area contributed by atoms with Gasteiger partial charge in [-0.3, -0.25) is 0 Å². The van der Waals surface area contributed by atoms with Crippen LogP contribution in [-0.2, 0) is 0 Å². The summed E-state index contributed by atoms with van der Waals surface area (Å²) < 4.78 is 0. The average molecular weight is 268 g/mol. The molecule has 1 aliphatic carbocycles. The van der Waals surface area contributed by atoms with Gasteiger partial charge in [-0.2, -0.15) is 0 Å². The molecular formula is C18H37N. The lowest BCUT2D eigenvalue weighted by molar-refractivity contribution is 0.134. The van der Waals surface area contributed by atoms with Crippen molar-refractivity contribution in [2.24, 2.45) is 17.3 Å². The van der Waals surface area contributed by atoms with Gasteiger partial charge in [0.1, 0.15) is 0 Å². The zero-order valence-electron chi connectivity index (χ0n) is 14.3. The van der Waals surface area contributed by atoms with Gasteiger partial charge in [-0.15, -0.1) is 0 Å². The van der Waals surface area contributed by atoms with Gasteiger partial charge in [-0.25, -0.2) is 0 Å². The predicted octanol–water partition coefficient (Wildman–Crippen LogP) is 5.40. The zero-order valence-corrected chi connectivity index (χ0v) is 14.3. The SMILES string of the molecule is CCC(C)(C)C1CCC(NC(C)CCC(C)C)CC1. The number of rotatable bonds is 7. The van der Waals surface area contributed by atoms with Crippen LogP contribution in [0.2, 0.25) is 0 Å². The Kier molecular flexibility index (Phi) is 6.86. The van der Waals surface area contributed by atoms with Gasteiger partial charge < -0.3 is 5.32 Å². The van der Waals surface area contributed by atoms with Crippen molar-refractivity contribution in [2.75, 3.05) is 0 Å². The van der Waals surface area contributed by atoms with Crippen LogP contribution in [-0.4, -0.2) is 12.1 Å². The van der Waals surface area contributed by atoms with E-state index in [0.717, 1.165) is 17.9 Å². The highest BCUT2D eigenvalue weighted by Crippen LogP contribution is 2.40. The van der Waals surface area contributed by atoms with E-state index in [9.17, 15) is 0 Å². The Bertz CT molecular complexity index is 236. The number of hydrogen-bond acceptors (Lipinski definition) is 1. The second-order valence-electron chi connectivity index (χ2n) is 7.93. The van der Waals surface area contributed by atoms with E-state index in [1.165, 1.54) is 44.9 Å². The predicted molar refractivity (Wildman–Crippen MR) is 86.5 cm³/mol. The van der Waals surface area contributed by atoms with Crippen LogP contribution in [0.1, 0.15) is 86.5 Å². The molecule has 0 aromatic carbocycles. The summed E-state index contributed by atoms with van der Waals surface area (Å²) >= 11 is 0. The fourth-order valence-corrected chi connectivity index (χ4v) is 3.40. The molecule has 0 bridgehead atoms. The van der Waals surface area contributed by atoms with Crippen LogP contribution in [0, 0.1) is 17.3 Å². The number of hydrogen-bond donors (Lipinski definition) is 1. The van der Waals surface area contributed by atoms with Crippen molar-refractivity contribution in [1.82, 2.24) is 5.32 Å². The molecule has 1 rings (SSSR count). The second-order valence-corrected chi connectivity index (χ2v) is 7.93. The Morgan fingerprint density at radius 3 is 2.05 bits per heavy atom. The van der Waals surface area contributed by atoms with Gasteiger partial charge in [-0.1, -0.05) is 41.0 Å². The maximum atomic E-state index is 3.86. The quantitative estimate of drug-likeness (QED) is 0.651. The molecule has 0 saturated heterocycles. The van der Waals surface area contributed by atoms with E-state index in [1.807, 2.05) is 0 Å². The van der Waals surface area contributed by atoms with Crippen molar-refractivity contribution in [3.63, 3.8) is 0 Å². The summed E-state index contributed by atoms with van der Waals surface area (Å²) in [6.45, 7) is 14.3. The molecule has 0 heterocycles. The smallest absolute Gasteiger partial charge is 0.00697 e. The van der Waals surface area contributed by atoms with Crippen LogP contribution in [0.25, 0.3) is 0 Å². The fraction of sp³-hybridized carbons (Fsp3) is 1.00. The van der Waals surface area contributed by atoms with Gasteiger partial charge in [-0.05, 0) is 62.7 Å². The molecule has 1 fully saturated rings. The zero-order chi connectivity index (χ0) is 14.5. The van der Waals surface area contributed by atoms with E-state index in [0.29, 0.717) is 11.5 Å². The van der Waals surface area contributed by atoms with Gasteiger partial charge in [0.05, 0.1) is 0 Å². The van der Waals surface area contributed by atoms with Crippen LogP contribution in [0.5, 0.6) is 0 Å². The lowest BCUT2D eigenvalue weighted by atomic mass is 9.69. The minimum Gasteiger partial charge on any atom is -0.312 e. The summed E-state index contributed by atoms with van der Waals surface area (Å²) in [6, 6.07) is 1.48. The standard InChI is InChI=1S/C18H37N/c1-7-18(5,6)16-10-12-17(13-11-16)19-15(4)9-8-14(2)3/h14-17,19H,7-13H2,1-6H3. The largest absolute Gasteiger partial charge is 0.312 e. The summed E-state index contributed by atoms with van der Waals surface area (Å²) in [7, 11) is 0. The van der Waals surface area contributed by atoms with Crippen molar-refractivity contribution in [3.05, 3.63) is 0 Å². The van der Waals surface area contributed by atoms with Crippen LogP contribution in [0.15, 0.2) is 0 Å². The van der Waals surface area contributed by atoms with E-state index in [4.69, 9.17) is 0 Å². The molecule has 0 aromatic heterocycles. The van der Waals surface area contributed by atoms with E-state index < -0.39 is 0 Å². The van der Waals surface area contributed by atoms with E-state index in [2.05, 4.69) is 46.9 Å². The molecule has 0 radical (unpaired) electrons. The lowest BCUT2D eigenvalue weighted by Crippen LogP contribution is -2.41. The molecule has 0 aliphatic heterocycles. The highest BCUT2D eigenvalue weighted by Gasteiger charge is 2.31. The van der Waals surface area contributed by atoms with Crippen molar-refractivity contribution >= 4 is 0 Å². The lowest BCUT2D eigenvalue weighted by Gasteiger charge is -2.39. The summed E-state index contributed by atoms with van der Waals surface area (Å²) in [5, 5.41) is 3.86. The molecule has 0 spiro atoms. The summed E-state index contributed by atoms with van der Waals surface area (Å²) in [4.78, 5) is 0. The van der Waals surface area contributed by atoms with Crippen LogP contribution in [0.4, 0.5) is 0 Å². The summed E-state index contributed by atoms with van der Waals surface area (Å²) in [5.41, 5.74) is 0.550. The van der Waals surface area contributed by atoms with Gasteiger partial charge in [0.2, 0.25) is 0 Å². The molecule has 0 aromatic rings. The molecule has 0 amide bonds. The van der Waals surface area contributed by atoms with Crippen molar-refractivity contribution < 1.29 is 0 Å². The molecule has 1 unspecified atom stereocenters. The van der Waals surface area contributed by atoms with Crippen molar-refractivity contribution in [1.29, 1.82) is 0 Å². The molecule has 114 valence electrons. The normalized spacial score (nSPS) is 26.7. The molecule has 1 atom stereocenters. The monoisotopic (exact) mass is 267 g/mol. The molecule has 1 nitrogen and oxygen atoms in total. The molecular weight excluding hydrogens is 230 g/mol. The highest BCUT2D eigenvalue weighted by molar-refractivity contribution is 4.85. The molecule has 1 aliphatic rings.